The van der Waals surface area contributed by atoms with Gasteiger partial charge in [-0.05, 0) is 12.8 Å². The molecule has 1 saturated heterocycles. The molecule has 0 bridgehead atoms. The lowest BCUT2D eigenvalue weighted by Crippen LogP contribution is -2.47. The van der Waals surface area contributed by atoms with Crippen molar-refractivity contribution in [2.45, 2.75) is 18.9 Å². The van der Waals surface area contributed by atoms with Gasteiger partial charge >= 0.3 is 0 Å². The summed E-state index contributed by atoms with van der Waals surface area (Å²) < 4.78 is 39.6. The van der Waals surface area contributed by atoms with Crippen LogP contribution in [0.15, 0.2) is 12.5 Å². The number of rotatable bonds is 3. The molecule has 1 aliphatic rings. The second-order valence-corrected chi connectivity index (χ2v) is 7.37. The molecule has 0 saturated carbocycles. The third kappa shape index (κ3) is 2.89. The van der Waals surface area contributed by atoms with Crippen LogP contribution < -0.4 is 10.0 Å². The molecule has 0 atom stereocenters. The van der Waals surface area contributed by atoms with E-state index in [1.807, 2.05) is 4.90 Å². The van der Waals surface area contributed by atoms with Crippen LogP contribution >= 0.6 is 0 Å². The van der Waals surface area contributed by atoms with Crippen LogP contribution in [0.1, 0.15) is 12.8 Å². The minimum Gasteiger partial charge on any atom is -0.355 e. The van der Waals surface area contributed by atoms with E-state index < -0.39 is 10.2 Å². The van der Waals surface area contributed by atoms with Crippen molar-refractivity contribution in [1.82, 2.24) is 18.8 Å². The number of nitrogens with zero attached hydrogens (tertiary/aromatic N) is 5. The number of aryl methyl sites for hydroxylation is 1. The van der Waals surface area contributed by atoms with Crippen molar-refractivity contribution in [2.24, 2.45) is 12.2 Å². The van der Waals surface area contributed by atoms with E-state index in [0.29, 0.717) is 42.8 Å². The molecule has 2 N–H and O–H groups in total. The Labute approximate surface area is 133 Å². The highest BCUT2D eigenvalue weighted by molar-refractivity contribution is 7.86. The van der Waals surface area contributed by atoms with Crippen molar-refractivity contribution in [2.75, 3.05) is 25.0 Å². The molecule has 2 aromatic rings. The van der Waals surface area contributed by atoms with Gasteiger partial charge in [-0.25, -0.2) is 19.5 Å². The van der Waals surface area contributed by atoms with Crippen LogP contribution in [0, 0.1) is 5.82 Å². The quantitative estimate of drug-likeness (QED) is 0.860. The largest absolute Gasteiger partial charge is 0.355 e. The molecular weight excluding hydrogens is 323 g/mol. The molecule has 1 fully saturated rings. The molecule has 0 spiro atoms. The highest BCUT2D eigenvalue weighted by atomic mass is 32.2. The molecule has 2 aromatic heterocycles. The molecule has 0 amide bonds. The third-order valence-corrected chi connectivity index (χ3v) is 5.47. The van der Waals surface area contributed by atoms with E-state index in [1.165, 1.54) is 23.9 Å². The number of fused-ring (bicyclic) bond motifs is 1. The summed E-state index contributed by atoms with van der Waals surface area (Å²) in [7, 11) is -0.446. The summed E-state index contributed by atoms with van der Waals surface area (Å²) in [5.41, 5.74) is 0.935. The van der Waals surface area contributed by atoms with Gasteiger partial charge in [0.1, 0.15) is 17.4 Å². The second-order valence-electron chi connectivity index (χ2n) is 5.76. The van der Waals surface area contributed by atoms with Gasteiger partial charge in [-0.2, -0.15) is 12.7 Å². The van der Waals surface area contributed by atoms with E-state index >= 15 is 0 Å². The Morgan fingerprint density at radius 1 is 1.35 bits per heavy atom. The number of hydrogen-bond acceptors (Lipinski definition) is 5. The van der Waals surface area contributed by atoms with E-state index in [9.17, 15) is 12.8 Å². The number of halogens is 1. The molecule has 0 radical (unpaired) electrons. The Bertz CT molecular complexity index is 828. The van der Waals surface area contributed by atoms with Gasteiger partial charge in [0.2, 0.25) is 0 Å². The zero-order valence-corrected chi connectivity index (χ0v) is 13.8. The monoisotopic (exact) mass is 342 g/mol. The number of aromatic nitrogens is 3. The van der Waals surface area contributed by atoms with Gasteiger partial charge in [0.15, 0.2) is 11.6 Å². The zero-order valence-electron chi connectivity index (χ0n) is 13.0. The van der Waals surface area contributed by atoms with Gasteiger partial charge in [-0.3, -0.25) is 0 Å². The SMILES string of the molecule is CN(C1CCN(c2ncnc3c(F)cn(C)c23)CC1)S(N)(=O)=O. The van der Waals surface area contributed by atoms with E-state index in [4.69, 9.17) is 5.14 Å². The molecule has 3 heterocycles. The minimum atomic E-state index is -3.69. The molecule has 10 heteroatoms. The molecule has 0 aliphatic carbocycles. The van der Waals surface area contributed by atoms with Gasteiger partial charge in [-0.1, -0.05) is 0 Å². The highest BCUT2D eigenvalue weighted by Gasteiger charge is 2.29. The lowest BCUT2D eigenvalue weighted by Gasteiger charge is -2.36. The van der Waals surface area contributed by atoms with Crippen molar-refractivity contribution in [3.05, 3.63) is 18.3 Å². The number of anilines is 1. The Hall–Kier alpha value is -1.78. The summed E-state index contributed by atoms with van der Waals surface area (Å²) >= 11 is 0. The number of nitrogens with two attached hydrogens (primary N) is 1. The Kier molecular flexibility index (Phi) is 3.98. The maximum Gasteiger partial charge on any atom is 0.276 e. The Morgan fingerprint density at radius 2 is 2.00 bits per heavy atom. The Morgan fingerprint density at radius 3 is 2.61 bits per heavy atom. The molecule has 0 unspecified atom stereocenters. The Balaban J connectivity index is 1.84. The van der Waals surface area contributed by atoms with Gasteiger partial charge in [0, 0.05) is 39.4 Å². The second kappa shape index (κ2) is 5.69. The lowest BCUT2D eigenvalue weighted by atomic mass is 10.1. The summed E-state index contributed by atoms with van der Waals surface area (Å²) in [6.45, 7) is 1.23. The first-order valence-electron chi connectivity index (χ1n) is 7.25. The van der Waals surface area contributed by atoms with Crippen LogP contribution in [-0.4, -0.2) is 53.4 Å². The average molecular weight is 342 g/mol. The van der Waals surface area contributed by atoms with Gasteiger partial charge < -0.3 is 9.47 Å². The predicted molar refractivity (Wildman–Crippen MR) is 84.6 cm³/mol. The standard InChI is InChI=1S/C13H19FN6O2S/c1-18-7-10(14)11-12(18)13(17-8-16-11)20-5-3-9(4-6-20)19(2)23(15,21)22/h7-9H,3-6H2,1-2H3,(H2,15,21,22). The summed E-state index contributed by atoms with van der Waals surface area (Å²) in [6, 6.07) is -0.135. The smallest absolute Gasteiger partial charge is 0.276 e. The molecule has 8 nitrogen and oxygen atoms in total. The van der Waals surface area contributed by atoms with Gasteiger partial charge in [0.25, 0.3) is 10.2 Å². The molecule has 1 aliphatic heterocycles. The van der Waals surface area contributed by atoms with Crippen LogP contribution in [-0.2, 0) is 17.3 Å². The number of hydrogen-bond donors (Lipinski definition) is 1. The molecule has 0 aromatic carbocycles. The van der Waals surface area contributed by atoms with Gasteiger partial charge in [0.05, 0.1) is 0 Å². The third-order valence-electron chi connectivity index (χ3n) is 4.37. The van der Waals surface area contributed by atoms with Crippen molar-refractivity contribution in [3.63, 3.8) is 0 Å². The zero-order chi connectivity index (χ0) is 16.8. The van der Waals surface area contributed by atoms with Crippen molar-refractivity contribution >= 4 is 27.1 Å². The fourth-order valence-corrected chi connectivity index (χ4v) is 3.67. The maximum absolute atomic E-state index is 13.8. The van der Waals surface area contributed by atoms with E-state index in [2.05, 4.69) is 9.97 Å². The van der Waals surface area contributed by atoms with Crippen LogP contribution in [0.4, 0.5) is 10.2 Å². The van der Waals surface area contributed by atoms with E-state index in [1.54, 1.807) is 11.6 Å². The van der Waals surface area contributed by atoms with Gasteiger partial charge in [-0.15, -0.1) is 0 Å². The van der Waals surface area contributed by atoms with Crippen molar-refractivity contribution in [3.8, 4) is 0 Å². The van der Waals surface area contributed by atoms with Crippen LogP contribution in [0.3, 0.4) is 0 Å². The lowest BCUT2D eigenvalue weighted by molar-refractivity contribution is 0.312. The number of piperidine rings is 1. The fourth-order valence-electron chi connectivity index (χ4n) is 3.05. The van der Waals surface area contributed by atoms with Crippen LogP contribution in [0.25, 0.3) is 11.0 Å². The normalized spacial score (nSPS) is 17.3. The van der Waals surface area contributed by atoms with Crippen molar-refractivity contribution < 1.29 is 12.8 Å². The fraction of sp³-hybridized carbons (Fsp3) is 0.538. The summed E-state index contributed by atoms with van der Waals surface area (Å²) in [5, 5.41) is 5.17. The molecular formula is C13H19FN6O2S. The maximum atomic E-state index is 13.8. The molecule has 126 valence electrons. The minimum absolute atomic E-state index is 0.135. The topological polar surface area (TPSA) is 97.3 Å². The predicted octanol–water partition coefficient (Wildman–Crippen LogP) is 0.212. The van der Waals surface area contributed by atoms with E-state index in [0.717, 1.165) is 0 Å². The average Bonchev–Trinajstić information content (AvgIpc) is 2.81. The van der Waals surface area contributed by atoms with E-state index in [-0.39, 0.29) is 11.9 Å². The molecule has 23 heavy (non-hydrogen) atoms. The summed E-state index contributed by atoms with van der Waals surface area (Å²) in [5.74, 6) is 0.285. The first kappa shape index (κ1) is 16.1. The van der Waals surface area contributed by atoms with Crippen LogP contribution in [0.2, 0.25) is 0 Å². The van der Waals surface area contributed by atoms with Crippen molar-refractivity contribution in [1.29, 1.82) is 0 Å². The first-order valence-corrected chi connectivity index (χ1v) is 8.75. The summed E-state index contributed by atoms with van der Waals surface area (Å²) in [6.07, 6.45) is 3.99. The first-order chi connectivity index (χ1) is 10.8. The highest BCUT2D eigenvalue weighted by Crippen LogP contribution is 2.28. The summed E-state index contributed by atoms with van der Waals surface area (Å²) in [4.78, 5) is 10.3. The van der Waals surface area contributed by atoms with Crippen LogP contribution in [0.5, 0.6) is 0 Å². The molecule has 3 rings (SSSR count).